The molecule has 5 nitrogen and oxygen atoms in total. The molecule has 0 spiro atoms. The summed E-state index contributed by atoms with van der Waals surface area (Å²) < 4.78 is 32.6. The lowest BCUT2D eigenvalue weighted by atomic mass is 9.91. The summed E-state index contributed by atoms with van der Waals surface area (Å²) in [5.74, 6) is 0.304. The van der Waals surface area contributed by atoms with E-state index in [9.17, 15) is 8.42 Å². The van der Waals surface area contributed by atoms with Gasteiger partial charge in [-0.05, 0) is 36.5 Å². The van der Waals surface area contributed by atoms with Crippen LogP contribution in [-0.2, 0) is 10.0 Å². The zero-order valence-electron chi connectivity index (χ0n) is 12.8. The minimum atomic E-state index is -3.64. The molecule has 3 N–H and O–H groups in total. The summed E-state index contributed by atoms with van der Waals surface area (Å²) in [6, 6.07) is 3.07. The van der Waals surface area contributed by atoms with Gasteiger partial charge in [0.1, 0.15) is 10.6 Å². The summed E-state index contributed by atoms with van der Waals surface area (Å²) in [5.41, 5.74) is 6.92. The number of rotatable bonds is 6. The average Bonchev–Trinajstić information content (AvgIpc) is 2.39. The van der Waals surface area contributed by atoms with Gasteiger partial charge in [-0.15, -0.1) is 0 Å². The normalized spacial score (nSPS) is 12.4. The lowest BCUT2D eigenvalue weighted by Crippen LogP contribution is -2.33. The fourth-order valence-electron chi connectivity index (χ4n) is 1.54. The Bertz CT molecular complexity index is 580. The molecule has 0 atom stereocenters. The van der Waals surface area contributed by atoms with E-state index in [1.165, 1.54) is 13.2 Å². The van der Waals surface area contributed by atoms with Crippen molar-refractivity contribution in [2.75, 3.05) is 19.4 Å². The number of nitrogens with two attached hydrogens (primary N) is 1. The molecule has 0 aromatic heterocycles. The number of hydrogen-bond acceptors (Lipinski definition) is 4. The van der Waals surface area contributed by atoms with E-state index in [-0.39, 0.29) is 10.3 Å². The number of anilines is 1. The zero-order valence-corrected chi connectivity index (χ0v) is 13.6. The quantitative estimate of drug-likeness (QED) is 0.790. The Morgan fingerprint density at radius 1 is 1.35 bits per heavy atom. The first-order valence-corrected chi connectivity index (χ1v) is 8.05. The molecule has 1 rings (SSSR count). The Kier molecular flexibility index (Phi) is 5.05. The third kappa shape index (κ3) is 3.86. The van der Waals surface area contributed by atoms with Crippen molar-refractivity contribution in [1.29, 1.82) is 0 Å². The largest absolute Gasteiger partial charge is 0.495 e. The van der Waals surface area contributed by atoms with Crippen LogP contribution in [0.4, 0.5) is 5.69 Å². The molecule has 0 amide bonds. The van der Waals surface area contributed by atoms with Crippen LogP contribution >= 0.6 is 0 Å². The van der Waals surface area contributed by atoms with E-state index >= 15 is 0 Å². The lowest BCUT2D eigenvalue weighted by Gasteiger charge is -2.23. The maximum Gasteiger partial charge on any atom is 0.244 e. The van der Waals surface area contributed by atoms with Gasteiger partial charge in [0.15, 0.2) is 0 Å². The highest BCUT2D eigenvalue weighted by Gasteiger charge is 2.24. The number of nitrogens with one attached hydrogen (secondary N) is 1. The summed E-state index contributed by atoms with van der Waals surface area (Å²) in [6.45, 7) is 8.22. The third-order valence-electron chi connectivity index (χ3n) is 3.54. The van der Waals surface area contributed by atoms with Crippen molar-refractivity contribution < 1.29 is 13.2 Å². The molecular weight excluding hydrogens is 276 g/mol. The first-order chi connectivity index (χ1) is 9.13. The van der Waals surface area contributed by atoms with Crippen molar-refractivity contribution in [2.24, 2.45) is 5.41 Å². The summed E-state index contributed by atoms with van der Waals surface area (Å²) in [7, 11) is -2.20. The maximum atomic E-state index is 12.4. The van der Waals surface area contributed by atoms with Gasteiger partial charge in [-0.2, -0.15) is 0 Å². The Morgan fingerprint density at radius 3 is 2.45 bits per heavy atom. The number of nitrogen functional groups attached to an aromatic ring is 1. The molecule has 20 heavy (non-hydrogen) atoms. The second-order valence-electron chi connectivity index (χ2n) is 5.70. The SMILES string of the molecule is CCC(C)(C)CNS(=O)(=O)c1cc(N)c(C)cc1OC. The summed E-state index contributed by atoms with van der Waals surface area (Å²) in [6.07, 6.45) is 0.878. The van der Waals surface area contributed by atoms with Gasteiger partial charge in [0.05, 0.1) is 7.11 Å². The molecule has 1 aromatic rings. The van der Waals surface area contributed by atoms with Gasteiger partial charge >= 0.3 is 0 Å². The van der Waals surface area contributed by atoms with Crippen LogP contribution < -0.4 is 15.2 Å². The second-order valence-corrected chi connectivity index (χ2v) is 7.44. The van der Waals surface area contributed by atoms with Crippen LogP contribution in [0.2, 0.25) is 0 Å². The number of methoxy groups -OCH3 is 1. The highest BCUT2D eigenvalue weighted by molar-refractivity contribution is 7.89. The van der Waals surface area contributed by atoms with Crippen molar-refractivity contribution in [1.82, 2.24) is 4.72 Å². The predicted molar refractivity (Wildman–Crippen MR) is 81.4 cm³/mol. The molecule has 0 aliphatic heterocycles. The number of aryl methyl sites for hydroxylation is 1. The highest BCUT2D eigenvalue weighted by Crippen LogP contribution is 2.29. The van der Waals surface area contributed by atoms with Crippen molar-refractivity contribution >= 4 is 15.7 Å². The van der Waals surface area contributed by atoms with Crippen LogP contribution in [0.3, 0.4) is 0 Å². The Hall–Kier alpha value is -1.27. The van der Waals surface area contributed by atoms with Gasteiger partial charge in [0.25, 0.3) is 0 Å². The molecule has 0 aliphatic carbocycles. The average molecular weight is 300 g/mol. The van der Waals surface area contributed by atoms with Gasteiger partial charge in [-0.1, -0.05) is 20.8 Å². The van der Waals surface area contributed by atoms with Gasteiger partial charge in [0.2, 0.25) is 10.0 Å². The molecule has 0 radical (unpaired) electrons. The molecule has 0 saturated heterocycles. The van der Waals surface area contributed by atoms with E-state index in [0.717, 1.165) is 12.0 Å². The van der Waals surface area contributed by atoms with E-state index in [1.807, 2.05) is 27.7 Å². The van der Waals surface area contributed by atoms with Crippen LogP contribution in [0, 0.1) is 12.3 Å². The molecule has 0 saturated carbocycles. The van der Waals surface area contributed by atoms with Gasteiger partial charge < -0.3 is 10.5 Å². The monoisotopic (exact) mass is 300 g/mol. The van der Waals surface area contributed by atoms with Gasteiger partial charge in [-0.25, -0.2) is 13.1 Å². The van der Waals surface area contributed by atoms with E-state index in [1.54, 1.807) is 6.07 Å². The predicted octanol–water partition coefficient (Wildman–Crippen LogP) is 2.30. The van der Waals surface area contributed by atoms with E-state index in [4.69, 9.17) is 10.5 Å². The Labute approximate surface area is 121 Å². The zero-order chi connectivity index (χ0) is 15.6. The molecule has 0 fully saturated rings. The van der Waals surface area contributed by atoms with Crippen LogP contribution in [-0.4, -0.2) is 22.1 Å². The smallest absolute Gasteiger partial charge is 0.244 e. The molecular formula is C14H24N2O3S. The van der Waals surface area contributed by atoms with Crippen LogP contribution in [0.15, 0.2) is 17.0 Å². The Morgan fingerprint density at radius 2 is 1.95 bits per heavy atom. The molecule has 0 unspecified atom stereocenters. The first kappa shape index (κ1) is 16.8. The fraction of sp³-hybridized carbons (Fsp3) is 0.571. The van der Waals surface area contributed by atoms with Crippen molar-refractivity contribution in [2.45, 2.75) is 39.0 Å². The maximum absolute atomic E-state index is 12.4. The number of sulfonamides is 1. The standard InChI is InChI=1S/C14H24N2O3S/c1-6-14(3,4)9-16-20(17,18)13-8-11(15)10(2)7-12(13)19-5/h7-8,16H,6,9,15H2,1-5H3. The van der Waals surface area contributed by atoms with E-state index < -0.39 is 10.0 Å². The van der Waals surface area contributed by atoms with Crippen LogP contribution in [0.1, 0.15) is 32.8 Å². The third-order valence-corrected chi connectivity index (χ3v) is 4.96. The molecule has 1 aromatic carbocycles. The molecule has 6 heteroatoms. The first-order valence-electron chi connectivity index (χ1n) is 6.57. The molecule has 0 aliphatic rings. The minimum Gasteiger partial charge on any atom is -0.495 e. The van der Waals surface area contributed by atoms with Crippen molar-refractivity contribution in [3.63, 3.8) is 0 Å². The Balaban J connectivity index is 3.13. The van der Waals surface area contributed by atoms with Crippen LogP contribution in [0.5, 0.6) is 5.75 Å². The highest BCUT2D eigenvalue weighted by atomic mass is 32.2. The molecule has 0 heterocycles. The minimum absolute atomic E-state index is 0.0787. The fourth-order valence-corrected chi connectivity index (χ4v) is 2.97. The second kappa shape index (κ2) is 6.01. The van der Waals surface area contributed by atoms with Gasteiger partial charge in [0, 0.05) is 12.2 Å². The lowest BCUT2D eigenvalue weighted by molar-refractivity contribution is 0.349. The number of ether oxygens (including phenoxy) is 1. The van der Waals surface area contributed by atoms with E-state index in [2.05, 4.69) is 4.72 Å². The molecule has 114 valence electrons. The number of benzene rings is 1. The van der Waals surface area contributed by atoms with Gasteiger partial charge in [-0.3, -0.25) is 0 Å². The van der Waals surface area contributed by atoms with Crippen LogP contribution in [0.25, 0.3) is 0 Å². The van der Waals surface area contributed by atoms with Crippen molar-refractivity contribution in [3.05, 3.63) is 17.7 Å². The number of hydrogen-bond donors (Lipinski definition) is 2. The molecule has 0 bridgehead atoms. The summed E-state index contributed by atoms with van der Waals surface area (Å²) >= 11 is 0. The summed E-state index contributed by atoms with van der Waals surface area (Å²) in [4.78, 5) is 0.0787. The van der Waals surface area contributed by atoms with Crippen molar-refractivity contribution in [3.8, 4) is 5.75 Å². The topological polar surface area (TPSA) is 81.4 Å². The van der Waals surface area contributed by atoms with E-state index in [0.29, 0.717) is 18.0 Å². The summed E-state index contributed by atoms with van der Waals surface area (Å²) in [5, 5.41) is 0.